The van der Waals surface area contributed by atoms with Crippen LogP contribution < -0.4 is 0 Å². The number of hydrogen-bond donors (Lipinski definition) is 1. The van der Waals surface area contributed by atoms with E-state index in [0.717, 1.165) is 12.2 Å². The Morgan fingerprint density at radius 3 is 3.25 bits per heavy atom. The summed E-state index contributed by atoms with van der Waals surface area (Å²) < 4.78 is 0. The largest absolute Gasteiger partial charge is 0.348 e. The molecule has 0 aliphatic carbocycles. The Labute approximate surface area is 48.3 Å². The second-order valence-electron chi connectivity index (χ2n) is 1.53. The first-order valence-corrected chi connectivity index (χ1v) is 2.52. The van der Waals surface area contributed by atoms with E-state index in [4.69, 9.17) is 0 Å². The van der Waals surface area contributed by atoms with Gasteiger partial charge in [0.05, 0.1) is 0 Å². The van der Waals surface area contributed by atoms with E-state index in [0.29, 0.717) is 0 Å². The monoisotopic (exact) mass is 108 g/mol. The number of H-pyrrole nitrogens is 1. The van der Waals surface area contributed by atoms with Crippen molar-refractivity contribution >= 4 is 0 Å². The van der Waals surface area contributed by atoms with E-state index >= 15 is 0 Å². The van der Waals surface area contributed by atoms with Crippen molar-refractivity contribution in [2.24, 2.45) is 0 Å². The summed E-state index contributed by atoms with van der Waals surface area (Å²) in [5.41, 5.74) is 0. The first-order chi connectivity index (χ1) is 3.93. The molecule has 1 aromatic heterocycles. The van der Waals surface area contributed by atoms with E-state index in [1.54, 1.807) is 12.4 Å². The fraction of sp³-hybridized carbons (Fsp3) is 0.167. The molecule has 2 heteroatoms. The Bertz CT molecular complexity index is 153. The Hall–Kier alpha value is -1.05. The maximum Gasteiger partial charge on any atom is 0.109 e. The molecule has 0 saturated heterocycles. The molecular weight excluding hydrogens is 100 g/mol. The normalized spacial score (nSPS) is 9.00. The molecule has 0 unspecified atom stereocenters. The SMILES string of the molecule is C=CCc1ncc[nH]1. The number of rotatable bonds is 2. The zero-order valence-corrected chi connectivity index (χ0v) is 4.59. The van der Waals surface area contributed by atoms with Gasteiger partial charge in [-0.1, -0.05) is 6.08 Å². The molecule has 0 saturated carbocycles. The van der Waals surface area contributed by atoms with E-state index in [1.165, 1.54) is 0 Å². The van der Waals surface area contributed by atoms with Crippen molar-refractivity contribution in [3.63, 3.8) is 0 Å². The first kappa shape index (κ1) is 5.09. The Morgan fingerprint density at radius 2 is 2.75 bits per heavy atom. The topological polar surface area (TPSA) is 28.7 Å². The molecule has 0 fully saturated rings. The lowest BCUT2D eigenvalue weighted by atomic mass is 10.4. The second kappa shape index (κ2) is 2.31. The van der Waals surface area contributed by atoms with Gasteiger partial charge in [0.1, 0.15) is 5.82 Å². The third-order valence-electron chi connectivity index (χ3n) is 0.893. The number of allylic oxidation sites excluding steroid dienone is 1. The number of nitrogens with zero attached hydrogens (tertiary/aromatic N) is 1. The summed E-state index contributed by atoms with van der Waals surface area (Å²) in [6.45, 7) is 3.58. The fourth-order valence-electron chi connectivity index (χ4n) is 0.546. The summed E-state index contributed by atoms with van der Waals surface area (Å²) in [4.78, 5) is 6.93. The van der Waals surface area contributed by atoms with Crippen LogP contribution in [-0.4, -0.2) is 9.97 Å². The van der Waals surface area contributed by atoms with Crippen LogP contribution in [-0.2, 0) is 6.42 Å². The molecule has 8 heavy (non-hydrogen) atoms. The molecule has 42 valence electrons. The first-order valence-electron chi connectivity index (χ1n) is 2.52. The Kier molecular flexibility index (Phi) is 1.47. The minimum absolute atomic E-state index is 0.826. The highest BCUT2D eigenvalue weighted by atomic mass is 14.9. The lowest BCUT2D eigenvalue weighted by molar-refractivity contribution is 1.06. The highest BCUT2D eigenvalue weighted by Crippen LogP contribution is 1.88. The van der Waals surface area contributed by atoms with E-state index in [1.807, 2.05) is 6.08 Å². The molecule has 0 radical (unpaired) electrons. The van der Waals surface area contributed by atoms with Crippen molar-refractivity contribution in [2.75, 3.05) is 0 Å². The van der Waals surface area contributed by atoms with Gasteiger partial charge in [-0.2, -0.15) is 0 Å². The van der Waals surface area contributed by atoms with Gasteiger partial charge in [-0.3, -0.25) is 0 Å². The standard InChI is InChI=1S/C6H8N2/c1-2-3-6-7-4-5-8-6/h2,4-5H,1,3H2,(H,7,8). The quantitative estimate of drug-likeness (QED) is 0.565. The zero-order valence-electron chi connectivity index (χ0n) is 4.59. The summed E-state index contributed by atoms with van der Waals surface area (Å²) in [7, 11) is 0. The summed E-state index contributed by atoms with van der Waals surface area (Å²) in [5.74, 6) is 0.972. The van der Waals surface area contributed by atoms with Gasteiger partial charge >= 0.3 is 0 Å². The smallest absolute Gasteiger partial charge is 0.109 e. The van der Waals surface area contributed by atoms with Crippen LogP contribution in [0.15, 0.2) is 25.0 Å². The lowest BCUT2D eigenvalue weighted by Crippen LogP contribution is -1.80. The molecule has 0 atom stereocenters. The molecular formula is C6H8N2. The fourth-order valence-corrected chi connectivity index (χ4v) is 0.546. The zero-order chi connectivity index (χ0) is 5.82. The maximum absolute atomic E-state index is 3.98. The molecule has 1 aromatic rings. The van der Waals surface area contributed by atoms with Gasteiger partial charge in [-0.15, -0.1) is 6.58 Å². The Balaban J connectivity index is 2.62. The summed E-state index contributed by atoms with van der Waals surface area (Å²) >= 11 is 0. The van der Waals surface area contributed by atoms with Crippen LogP contribution in [0, 0.1) is 0 Å². The predicted molar refractivity (Wildman–Crippen MR) is 32.5 cm³/mol. The van der Waals surface area contributed by atoms with Crippen molar-refractivity contribution in [1.82, 2.24) is 9.97 Å². The van der Waals surface area contributed by atoms with E-state index in [9.17, 15) is 0 Å². The van der Waals surface area contributed by atoms with Crippen molar-refractivity contribution < 1.29 is 0 Å². The molecule has 0 aliphatic rings. The van der Waals surface area contributed by atoms with Crippen molar-refractivity contribution in [3.8, 4) is 0 Å². The van der Waals surface area contributed by atoms with Crippen LogP contribution in [0.2, 0.25) is 0 Å². The van der Waals surface area contributed by atoms with Crippen LogP contribution in [0.5, 0.6) is 0 Å². The van der Waals surface area contributed by atoms with Gasteiger partial charge in [0.2, 0.25) is 0 Å². The predicted octanol–water partition coefficient (Wildman–Crippen LogP) is 1.14. The second-order valence-corrected chi connectivity index (χ2v) is 1.53. The molecule has 1 rings (SSSR count). The van der Waals surface area contributed by atoms with Gasteiger partial charge in [-0.05, 0) is 0 Å². The number of nitrogens with one attached hydrogen (secondary N) is 1. The van der Waals surface area contributed by atoms with E-state index in [-0.39, 0.29) is 0 Å². The molecule has 0 amide bonds. The average molecular weight is 108 g/mol. The summed E-state index contributed by atoms with van der Waals surface area (Å²) in [5, 5.41) is 0. The molecule has 0 aliphatic heterocycles. The molecule has 0 bridgehead atoms. The summed E-state index contributed by atoms with van der Waals surface area (Å²) in [6.07, 6.45) is 6.18. The van der Waals surface area contributed by atoms with E-state index in [2.05, 4.69) is 16.5 Å². The van der Waals surface area contributed by atoms with Crippen LogP contribution in [0.4, 0.5) is 0 Å². The van der Waals surface area contributed by atoms with Gasteiger partial charge in [0.15, 0.2) is 0 Å². The summed E-state index contributed by atoms with van der Waals surface area (Å²) in [6, 6.07) is 0. The van der Waals surface area contributed by atoms with Crippen molar-refractivity contribution in [3.05, 3.63) is 30.9 Å². The highest BCUT2D eigenvalue weighted by molar-refractivity contribution is 4.92. The van der Waals surface area contributed by atoms with Gasteiger partial charge in [0, 0.05) is 18.8 Å². The molecule has 1 N–H and O–H groups in total. The third-order valence-corrected chi connectivity index (χ3v) is 0.893. The molecule has 2 nitrogen and oxygen atoms in total. The van der Waals surface area contributed by atoms with E-state index < -0.39 is 0 Å². The third kappa shape index (κ3) is 0.964. The molecule has 0 aromatic carbocycles. The van der Waals surface area contributed by atoms with Crippen LogP contribution in [0.1, 0.15) is 5.82 Å². The molecule has 1 heterocycles. The minimum Gasteiger partial charge on any atom is -0.348 e. The lowest BCUT2D eigenvalue weighted by Gasteiger charge is -1.82. The van der Waals surface area contributed by atoms with Gasteiger partial charge in [-0.25, -0.2) is 4.98 Å². The number of aromatic nitrogens is 2. The highest BCUT2D eigenvalue weighted by Gasteiger charge is 1.85. The molecule has 0 spiro atoms. The van der Waals surface area contributed by atoms with Crippen LogP contribution in [0.3, 0.4) is 0 Å². The average Bonchev–Trinajstić information content (AvgIpc) is 2.19. The Morgan fingerprint density at radius 1 is 1.88 bits per heavy atom. The van der Waals surface area contributed by atoms with Gasteiger partial charge < -0.3 is 4.98 Å². The number of imidazole rings is 1. The van der Waals surface area contributed by atoms with Crippen LogP contribution >= 0.6 is 0 Å². The maximum atomic E-state index is 3.98. The van der Waals surface area contributed by atoms with Gasteiger partial charge in [0.25, 0.3) is 0 Å². The van der Waals surface area contributed by atoms with Crippen LogP contribution in [0.25, 0.3) is 0 Å². The minimum atomic E-state index is 0.826. The van der Waals surface area contributed by atoms with Crippen molar-refractivity contribution in [2.45, 2.75) is 6.42 Å². The van der Waals surface area contributed by atoms with Crippen molar-refractivity contribution in [1.29, 1.82) is 0 Å². The number of aromatic amines is 1. The number of hydrogen-bond acceptors (Lipinski definition) is 1.